The van der Waals surface area contributed by atoms with Gasteiger partial charge in [-0.3, -0.25) is 10.1 Å². The van der Waals surface area contributed by atoms with Gasteiger partial charge in [0.15, 0.2) is 11.6 Å². The van der Waals surface area contributed by atoms with Crippen molar-refractivity contribution in [2.24, 2.45) is 5.41 Å². The van der Waals surface area contributed by atoms with Gasteiger partial charge in [-0.2, -0.15) is 5.10 Å². The van der Waals surface area contributed by atoms with Crippen molar-refractivity contribution in [1.82, 2.24) is 29.9 Å². The maximum absolute atomic E-state index is 4.79. The number of pyridine rings is 1. The first-order chi connectivity index (χ1) is 11.5. The van der Waals surface area contributed by atoms with Crippen molar-refractivity contribution in [3.63, 3.8) is 0 Å². The summed E-state index contributed by atoms with van der Waals surface area (Å²) in [6.07, 6.45) is 5.08. The number of aromatic amines is 1. The van der Waals surface area contributed by atoms with Crippen molar-refractivity contribution in [3.05, 3.63) is 35.7 Å². The standard InChI is InChI=1S/C18H22N6/c1-18(2,3)11-24-17(15-12-7-6-9-13(12)21-22-15)20-16(23-24)14-8-4-5-10-19-14/h4-5,8,10H,6-7,9,11H2,1-3H3,(H,21,22). The second-order valence-corrected chi connectivity index (χ2v) is 7.58. The van der Waals surface area contributed by atoms with Crippen LogP contribution in [0.5, 0.6) is 0 Å². The van der Waals surface area contributed by atoms with Crippen LogP contribution in [0.2, 0.25) is 0 Å². The average Bonchev–Trinajstić information content (AvgIpc) is 3.21. The molecule has 4 rings (SSSR count). The quantitative estimate of drug-likeness (QED) is 0.803. The minimum absolute atomic E-state index is 0.101. The number of H-pyrrole nitrogens is 1. The van der Waals surface area contributed by atoms with Crippen molar-refractivity contribution in [2.75, 3.05) is 0 Å². The Morgan fingerprint density at radius 2 is 2.08 bits per heavy atom. The first-order valence-corrected chi connectivity index (χ1v) is 8.44. The molecule has 0 aromatic carbocycles. The molecule has 0 fully saturated rings. The molecule has 0 unspecified atom stereocenters. The molecule has 1 aliphatic rings. The van der Waals surface area contributed by atoms with Crippen molar-refractivity contribution < 1.29 is 0 Å². The zero-order valence-electron chi connectivity index (χ0n) is 14.4. The van der Waals surface area contributed by atoms with E-state index < -0.39 is 0 Å². The van der Waals surface area contributed by atoms with Crippen molar-refractivity contribution in [3.8, 4) is 23.0 Å². The highest BCUT2D eigenvalue weighted by Gasteiger charge is 2.26. The van der Waals surface area contributed by atoms with Gasteiger partial charge in [-0.25, -0.2) is 9.67 Å². The Hall–Kier alpha value is -2.50. The molecule has 0 saturated carbocycles. The van der Waals surface area contributed by atoms with Crippen LogP contribution in [0.4, 0.5) is 0 Å². The molecule has 0 radical (unpaired) electrons. The minimum Gasteiger partial charge on any atom is -0.282 e. The van der Waals surface area contributed by atoms with Gasteiger partial charge in [0.2, 0.25) is 0 Å². The molecule has 0 aliphatic heterocycles. The van der Waals surface area contributed by atoms with Gasteiger partial charge < -0.3 is 0 Å². The molecular formula is C18H22N6. The van der Waals surface area contributed by atoms with Crippen LogP contribution >= 0.6 is 0 Å². The molecular weight excluding hydrogens is 300 g/mol. The van der Waals surface area contributed by atoms with Crippen LogP contribution in [-0.2, 0) is 19.4 Å². The third kappa shape index (κ3) is 2.72. The van der Waals surface area contributed by atoms with Crippen LogP contribution in [0.25, 0.3) is 23.0 Å². The van der Waals surface area contributed by atoms with Crippen molar-refractivity contribution in [1.29, 1.82) is 0 Å². The third-order valence-electron chi connectivity index (χ3n) is 4.21. The van der Waals surface area contributed by atoms with E-state index >= 15 is 0 Å². The lowest BCUT2D eigenvalue weighted by Crippen LogP contribution is -2.17. The number of nitrogens with zero attached hydrogens (tertiary/aromatic N) is 5. The van der Waals surface area contributed by atoms with Crippen molar-refractivity contribution >= 4 is 0 Å². The van der Waals surface area contributed by atoms with Crippen LogP contribution in [0.1, 0.15) is 38.4 Å². The monoisotopic (exact) mass is 322 g/mol. The summed E-state index contributed by atoms with van der Waals surface area (Å²) in [4.78, 5) is 9.18. The molecule has 6 nitrogen and oxygen atoms in total. The van der Waals surface area contributed by atoms with E-state index in [1.807, 2.05) is 22.9 Å². The molecule has 1 N–H and O–H groups in total. The lowest BCUT2D eigenvalue weighted by Gasteiger charge is -2.18. The number of hydrogen-bond donors (Lipinski definition) is 1. The minimum atomic E-state index is 0.101. The van der Waals surface area contributed by atoms with Gasteiger partial charge in [-0.1, -0.05) is 26.8 Å². The molecule has 124 valence electrons. The number of fused-ring (bicyclic) bond motifs is 1. The van der Waals surface area contributed by atoms with E-state index in [0.29, 0.717) is 5.82 Å². The Bertz CT molecular complexity index is 854. The fraction of sp³-hybridized carbons (Fsp3) is 0.444. The van der Waals surface area contributed by atoms with Crippen molar-refractivity contribution in [2.45, 2.75) is 46.6 Å². The van der Waals surface area contributed by atoms with E-state index in [0.717, 1.165) is 36.6 Å². The van der Waals surface area contributed by atoms with E-state index in [1.165, 1.54) is 17.7 Å². The fourth-order valence-corrected chi connectivity index (χ4v) is 3.18. The van der Waals surface area contributed by atoms with Crippen LogP contribution in [0.3, 0.4) is 0 Å². The Balaban J connectivity index is 1.83. The fourth-order valence-electron chi connectivity index (χ4n) is 3.18. The van der Waals surface area contributed by atoms with Gasteiger partial charge in [-0.05, 0) is 36.8 Å². The molecule has 0 amide bonds. The first-order valence-electron chi connectivity index (χ1n) is 8.44. The Morgan fingerprint density at radius 1 is 1.21 bits per heavy atom. The number of aromatic nitrogens is 6. The van der Waals surface area contributed by atoms with Gasteiger partial charge in [-0.15, -0.1) is 5.10 Å². The zero-order valence-corrected chi connectivity index (χ0v) is 14.4. The molecule has 1 aliphatic carbocycles. The Kier molecular flexibility index (Phi) is 3.48. The maximum Gasteiger partial charge on any atom is 0.200 e. The highest BCUT2D eigenvalue weighted by Crippen LogP contribution is 2.31. The molecule has 0 saturated heterocycles. The predicted octanol–water partition coefficient (Wildman–Crippen LogP) is 3.27. The number of rotatable bonds is 3. The normalized spacial score (nSPS) is 14.1. The average molecular weight is 322 g/mol. The van der Waals surface area contributed by atoms with Crippen LogP contribution in [-0.4, -0.2) is 29.9 Å². The molecule has 6 heteroatoms. The summed E-state index contributed by atoms with van der Waals surface area (Å²) in [5, 5.41) is 12.5. The highest BCUT2D eigenvalue weighted by atomic mass is 15.4. The lowest BCUT2D eigenvalue weighted by molar-refractivity contribution is 0.327. The molecule has 3 heterocycles. The van der Waals surface area contributed by atoms with E-state index in [9.17, 15) is 0 Å². The molecule has 0 spiro atoms. The molecule has 0 atom stereocenters. The van der Waals surface area contributed by atoms with Crippen LogP contribution in [0, 0.1) is 5.41 Å². The largest absolute Gasteiger partial charge is 0.282 e. The predicted molar refractivity (Wildman–Crippen MR) is 92.3 cm³/mol. The summed E-state index contributed by atoms with van der Waals surface area (Å²) in [5.74, 6) is 1.49. The molecule has 3 aromatic rings. The summed E-state index contributed by atoms with van der Waals surface area (Å²) < 4.78 is 1.98. The summed E-state index contributed by atoms with van der Waals surface area (Å²) in [6, 6.07) is 5.80. The molecule has 0 bridgehead atoms. The number of aryl methyl sites for hydroxylation is 1. The zero-order chi connectivity index (χ0) is 16.7. The van der Waals surface area contributed by atoms with Gasteiger partial charge in [0, 0.05) is 24.0 Å². The maximum atomic E-state index is 4.79. The Morgan fingerprint density at radius 3 is 2.83 bits per heavy atom. The second-order valence-electron chi connectivity index (χ2n) is 7.58. The second kappa shape index (κ2) is 5.54. The number of nitrogens with one attached hydrogen (secondary N) is 1. The Labute approximate surface area is 141 Å². The summed E-state index contributed by atoms with van der Waals surface area (Å²) in [7, 11) is 0. The van der Waals surface area contributed by atoms with E-state index in [4.69, 9.17) is 10.1 Å². The van der Waals surface area contributed by atoms with Crippen LogP contribution in [0.15, 0.2) is 24.4 Å². The topological polar surface area (TPSA) is 72.3 Å². The summed E-state index contributed by atoms with van der Waals surface area (Å²) in [5.41, 5.74) is 4.38. The molecule has 3 aromatic heterocycles. The van der Waals surface area contributed by atoms with Gasteiger partial charge in [0.05, 0.1) is 0 Å². The summed E-state index contributed by atoms with van der Waals surface area (Å²) in [6.45, 7) is 7.39. The van der Waals surface area contributed by atoms with E-state index in [-0.39, 0.29) is 5.41 Å². The van der Waals surface area contributed by atoms with E-state index in [2.05, 4.69) is 36.0 Å². The van der Waals surface area contributed by atoms with Gasteiger partial charge in [0.1, 0.15) is 11.4 Å². The van der Waals surface area contributed by atoms with E-state index in [1.54, 1.807) is 6.20 Å². The van der Waals surface area contributed by atoms with Gasteiger partial charge >= 0.3 is 0 Å². The highest BCUT2D eigenvalue weighted by molar-refractivity contribution is 5.61. The third-order valence-corrected chi connectivity index (χ3v) is 4.21. The van der Waals surface area contributed by atoms with Gasteiger partial charge in [0.25, 0.3) is 0 Å². The lowest BCUT2D eigenvalue weighted by atomic mass is 9.97. The molecule has 24 heavy (non-hydrogen) atoms. The SMILES string of the molecule is CC(C)(C)Cn1nc(-c2ccccn2)nc1-c1n[nH]c2c1CCC2. The summed E-state index contributed by atoms with van der Waals surface area (Å²) >= 11 is 0. The van der Waals surface area contributed by atoms with Crippen LogP contribution < -0.4 is 0 Å². The smallest absolute Gasteiger partial charge is 0.200 e. The first kappa shape index (κ1) is 15.1. The number of hydrogen-bond acceptors (Lipinski definition) is 4.